The van der Waals surface area contributed by atoms with E-state index in [2.05, 4.69) is 0 Å². The molecule has 0 radical (unpaired) electrons. The van der Waals surface area contributed by atoms with Crippen LogP contribution in [0.5, 0.6) is 0 Å². The van der Waals surface area contributed by atoms with Gasteiger partial charge in [0.15, 0.2) is 0 Å². The van der Waals surface area contributed by atoms with Gasteiger partial charge in [-0.05, 0) is 19.3 Å². The highest BCUT2D eigenvalue weighted by molar-refractivity contribution is 7.89. The van der Waals surface area contributed by atoms with E-state index in [0.29, 0.717) is 13.0 Å². The predicted molar refractivity (Wildman–Crippen MR) is 57.6 cm³/mol. The zero-order valence-corrected chi connectivity index (χ0v) is 10.1. The molecular weight excluding hydrogens is 234 g/mol. The van der Waals surface area contributed by atoms with Crippen molar-refractivity contribution >= 4 is 16.0 Å². The van der Waals surface area contributed by atoms with E-state index in [-0.39, 0.29) is 18.8 Å². The Hall–Kier alpha value is -0.660. The minimum atomic E-state index is -3.40. The molecule has 16 heavy (non-hydrogen) atoms. The number of methoxy groups -OCH3 is 1. The van der Waals surface area contributed by atoms with E-state index in [4.69, 9.17) is 9.84 Å². The van der Waals surface area contributed by atoms with Crippen molar-refractivity contribution in [2.24, 2.45) is 0 Å². The number of ether oxygens (including phenoxy) is 1. The van der Waals surface area contributed by atoms with Crippen LogP contribution >= 0.6 is 0 Å². The fourth-order valence-corrected chi connectivity index (χ4v) is 3.57. The first-order valence-corrected chi connectivity index (χ1v) is 6.81. The van der Waals surface area contributed by atoms with Crippen molar-refractivity contribution in [1.82, 2.24) is 4.31 Å². The molecule has 0 aromatic rings. The van der Waals surface area contributed by atoms with Crippen LogP contribution in [-0.2, 0) is 19.6 Å². The van der Waals surface area contributed by atoms with E-state index in [0.717, 1.165) is 10.7 Å². The quantitative estimate of drug-likeness (QED) is 0.737. The summed E-state index contributed by atoms with van der Waals surface area (Å²) in [5.41, 5.74) is 0. The number of hydrogen-bond donors (Lipinski definition) is 1. The maximum Gasteiger partial charge on any atom is 0.322 e. The summed E-state index contributed by atoms with van der Waals surface area (Å²) in [7, 11) is -1.94. The van der Waals surface area contributed by atoms with Crippen molar-refractivity contribution in [3.05, 3.63) is 0 Å². The molecule has 0 spiro atoms. The van der Waals surface area contributed by atoms with Crippen LogP contribution in [0.3, 0.4) is 0 Å². The summed E-state index contributed by atoms with van der Waals surface area (Å²) < 4.78 is 29.3. The van der Waals surface area contributed by atoms with Gasteiger partial charge in [0.1, 0.15) is 6.04 Å². The zero-order chi connectivity index (χ0) is 12.2. The average Bonchev–Trinajstić information content (AvgIpc) is 2.20. The molecule has 1 aliphatic rings. The summed E-state index contributed by atoms with van der Waals surface area (Å²) in [5.74, 6) is -1.06. The monoisotopic (exact) mass is 251 g/mol. The Morgan fingerprint density at radius 2 is 2.19 bits per heavy atom. The summed E-state index contributed by atoms with van der Waals surface area (Å²) in [5, 5.41) is 9.02. The molecule has 1 atom stereocenters. The SMILES string of the molecule is COCCC(C(=O)O)N1CCCCS1(=O)=O. The molecule has 1 fully saturated rings. The van der Waals surface area contributed by atoms with Gasteiger partial charge in [0, 0.05) is 20.3 Å². The van der Waals surface area contributed by atoms with Crippen molar-refractivity contribution < 1.29 is 23.1 Å². The van der Waals surface area contributed by atoms with Crippen molar-refractivity contribution in [2.75, 3.05) is 26.0 Å². The van der Waals surface area contributed by atoms with E-state index in [1.54, 1.807) is 0 Å². The third-order valence-electron chi connectivity index (χ3n) is 2.62. The van der Waals surface area contributed by atoms with Gasteiger partial charge in [0.25, 0.3) is 0 Å². The molecule has 6 nitrogen and oxygen atoms in total. The summed E-state index contributed by atoms with van der Waals surface area (Å²) in [6, 6.07) is -0.995. The number of sulfonamides is 1. The zero-order valence-electron chi connectivity index (χ0n) is 9.26. The van der Waals surface area contributed by atoms with Gasteiger partial charge >= 0.3 is 5.97 Å². The molecule has 0 saturated carbocycles. The second kappa shape index (κ2) is 5.60. The number of aliphatic carboxylic acids is 1. The van der Waals surface area contributed by atoms with E-state index in [9.17, 15) is 13.2 Å². The topological polar surface area (TPSA) is 83.9 Å². The van der Waals surface area contributed by atoms with Crippen LogP contribution in [-0.4, -0.2) is 55.9 Å². The van der Waals surface area contributed by atoms with Crippen molar-refractivity contribution in [1.29, 1.82) is 0 Å². The molecule has 1 saturated heterocycles. The van der Waals surface area contributed by atoms with Crippen LogP contribution in [0.4, 0.5) is 0 Å². The van der Waals surface area contributed by atoms with Crippen LogP contribution in [0.2, 0.25) is 0 Å². The third kappa shape index (κ3) is 3.16. The maximum atomic E-state index is 11.7. The lowest BCUT2D eigenvalue weighted by Crippen LogP contribution is -2.49. The van der Waals surface area contributed by atoms with Gasteiger partial charge in [0.2, 0.25) is 10.0 Å². The normalized spacial score (nSPS) is 22.8. The molecule has 0 aliphatic carbocycles. The largest absolute Gasteiger partial charge is 0.480 e. The van der Waals surface area contributed by atoms with Crippen LogP contribution in [0, 0.1) is 0 Å². The highest BCUT2D eigenvalue weighted by Gasteiger charge is 2.36. The Morgan fingerprint density at radius 1 is 1.50 bits per heavy atom. The Balaban J connectivity index is 2.79. The molecule has 1 aliphatic heterocycles. The molecule has 0 aromatic carbocycles. The Morgan fingerprint density at radius 3 is 2.69 bits per heavy atom. The van der Waals surface area contributed by atoms with Crippen molar-refractivity contribution in [2.45, 2.75) is 25.3 Å². The van der Waals surface area contributed by atoms with Crippen LogP contribution in [0.15, 0.2) is 0 Å². The van der Waals surface area contributed by atoms with Crippen molar-refractivity contribution in [3.8, 4) is 0 Å². The maximum absolute atomic E-state index is 11.7. The van der Waals surface area contributed by atoms with E-state index in [1.807, 2.05) is 0 Å². The number of carboxylic acids is 1. The summed E-state index contributed by atoms with van der Waals surface area (Å²) in [6.07, 6.45) is 1.51. The van der Waals surface area contributed by atoms with Crippen LogP contribution in [0.25, 0.3) is 0 Å². The van der Waals surface area contributed by atoms with Gasteiger partial charge < -0.3 is 9.84 Å². The highest BCUT2D eigenvalue weighted by atomic mass is 32.2. The van der Waals surface area contributed by atoms with Crippen LogP contribution in [0.1, 0.15) is 19.3 Å². The molecule has 0 aromatic heterocycles. The Bertz CT molecular complexity index is 340. The molecule has 94 valence electrons. The predicted octanol–water partition coefficient (Wildman–Crippen LogP) is -0.0983. The van der Waals surface area contributed by atoms with Crippen LogP contribution < -0.4 is 0 Å². The molecule has 1 N–H and O–H groups in total. The molecule has 1 heterocycles. The standard InChI is InChI=1S/C9H17NO5S/c1-15-6-4-8(9(11)12)10-5-2-3-7-16(10,13)14/h8H,2-7H2,1H3,(H,11,12). The minimum Gasteiger partial charge on any atom is -0.480 e. The minimum absolute atomic E-state index is 0.0454. The van der Waals surface area contributed by atoms with Gasteiger partial charge in [-0.3, -0.25) is 4.79 Å². The Labute approximate surface area is 95.2 Å². The molecule has 1 rings (SSSR count). The number of nitrogens with zero attached hydrogens (tertiary/aromatic N) is 1. The van der Waals surface area contributed by atoms with E-state index < -0.39 is 22.0 Å². The fourth-order valence-electron chi connectivity index (χ4n) is 1.78. The second-order valence-electron chi connectivity index (χ2n) is 3.77. The first-order chi connectivity index (χ1) is 7.49. The first kappa shape index (κ1) is 13.4. The lowest BCUT2D eigenvalue weighted by atomic mass is 10.2. The van der Waals surface area contributed by atoms with E-state index >= 15 is 0 Å². The first-order valence-electron chi connectivity index (χ1n) is 5.20. The van der Waals surface area contributed by atoms with Crippen molar-refractivity contribution in [3.63, 3.8) is 0 Å². The summed E-state index contributed by atoms with van der Waals surface area (Å²) in [6.45, 7) is 0.534. The van der Waals surface area contributed by atoms with E-state index in [1.165, 1.54) is 7.11 Å². The van der Waals surface area contributed by atoms with Gasteiger partial charge in [0.05, 0.1) is 5.75 Å². The average molecular weight is 251 g/mol. The molecule has 0 amide bonds. The smallest absolute Gasteiger partial charge is 0.322 e. The van der Waals surface area contributed by atoms with Gasteiger partial charge in [-0.15, -0.1) is 0 Å². The molecular formula is C9H17NO5S. The second-order valence-corrected chi connectivity index (χ2v) is 5.81. The van der Waals surface area contributed by atoms with Gasteiger partial charge in [-0.1, -0.05) is 0 Å². The fraction of sp³-hybridized carbons (Fsp3) is 0.889. The number of carboxylic acid groups (broad SMARTS) is 1. The highest BCUT2D eigenvalue weighted by Crippen LogP contribution is 2.19. The summed E-state index contributed by atoms with van der Waals surface area (Å²) >= 11 is 0. The summed E-state index contributed by atoms with van der Waals surface area (Å²) in [4.78, 5) is 11.0. The van der Waals surface area contributed by atoms with Gasteiger partial charge in [-0.2, -0.15) is 4.31 Å². The lowest BCUT2D eigenvalue weighted by molar-refractivity contribution is -0.142. The molecule has 0 bridgehead atoms. The third-order valence-corrected chi connectivity index (χ3v) is 4.57. The number of carbonyl (C=O) groups is 1. The number of rotatable bonds is 5. The van der Waals surface area contributed by atoms with Gasteiger partial charge in [-0.25, -0.2) is 8.42 Å². The number of hydrogen-bond acceptors (Lipinski definition) is 4. The molecule has 1 unspecified atom stereocenters. The Kier molecular flexibility index (Phi) is 4.69. The molecule has 7 heteroatoms. The lowest BCUT2D eigenvalue weighted by Gasteiger charge is -2.31.